The molecular formula is C20H25N5O2. The van der Waals surface area contributed by atoms with Crippen molar-refractivity contribution in [1.29, 1.82) is 0 Å². The molecule has 0 unspecified atom stereocenters. The van der Waals surface area contributed by atoms with Crippen LogP contribution in [-0.2, 0) is 11.2 Å². The number of amides is 2. The molecule has 1 aromatic carbocycles. The van der Waals surface area contributed by atoms with E-state index < -0.39 is 0 Å². The molecule has 0 atom stereocenters. The first kappa shape index (κ1) is 18.8. The lowest BCUT2D eigenvalue weighted by Crippen LogP contribution is -2.50. The molecule has 0 spiro atoms. The molecule has 0 radical (unpaired) electrons. The van der Waals surface area contributed by atoms with Gasteiger partial charge >= 0.3 is 0 Å². The van der Waals surface area contributed by atoms with Gasteiger partial charge < -0.3 is 15.1 Å². The van der Waals surface area contributed by atoms with Gasteiger partial charge in [-0.2, -0.15) is 0 Å². The molecule has 2 heterocycles. The third kappa shape index (κ3) is 5.26. The van der Waals surface area contributed by atoms with E-state index >= 15 is 0 Å². The highest BCUT2D eigenvalue weighted by molar-refractivity contribution is 5.92. The van der Waals surface area contributed by atoms with Gasteiger partial charge in [0.15, 0.2) is 5.69 Å². The molecule has 0 bridgehead atoms. The van der Waals surface area contributed by atoms with Crippen LogP contribution in [0.1, 0.15) is 29.4 Å². The molecule has 7 nitrogen and oxygen atoms in total. The quantitative estimate of drug-likeness (QED) is 0.788. The Balaban J connectivity index is 1.44. The number of hydrogen-bond acceptors (Lipinski definition) is 5. The lowest BCUT2D eigenvalue weighted by Gasteiger charge is -2.33. The molecule has 1 N–H and O–H groups in total. The monoisotopic (exact) mass is 367 g/mol. The maximum Gasteiger partial charge on any atom is 0.274 e. The number of rotatable bonds is 6. The molecule has 7 heteroatoms. The summed E-state index contributed by atoms with van der Waals surface area (Å²) in [7, 11) is 0. The Morgan fingerprint density at radius 2 is 1.67 bits per heavy atom. The third-order valence-corrected chi connectivity index (χ3v) is 4.69. The zero-order valence-electron chi connectivity index (χ0n) is 15.6. The molecular weight excluding hydrogens is 342 g/mol. The first-order valence-electron chi connectivity index (χ1n) is 9.30. The Kier molecular flexibility index (Phi) is 6.35. The minimum atomic E-state index is -0.138. The number of piperazine rings is 1. The van der Waals surface area contributed by atoms with Gasteiger partial charge in [-0.15, -0.1) is 10.2 Å². The summed E-state index contributed by atoms with van der Waals surface area (Å²) < 4.78 is 0. The van der Waals surface area contributed by atoms with Crippen LogP contribution >= 0.6 is 0 Å². The van der Waals surface area contributed by atoms with Gasteiger partial charge in [-0.05, 0) is 30.5 Å². The first-order chi connectivity index (χ1) is 13.1. The predicted octanol–water partition coefficient (Wildman–Crippen LogP) is 1.83. The normalized spacial score (nSPS) is 14.1. The number of carbonyl (C=O) groups excluding carboxylic acids is 2. The maximum absolute atomic E-state index is 12.5. The van der Waals surface area contributed by atoms with Gasteiger partial charge in [0.1, 0.15) is 5.82 Å². The lowest BCUT2D eigenvalue weighted by atomic mass is 10.1. The number of carbonyl (C=O) groups is 2. The zero-order chi connectivity index (χ0) is 19.1. The standard InChI is InChI=1S/C20H25N5O2/c1-16(26)24-12-14-25(15-13-24)20(27)18-9-10-19(23-22-18)21-11-5-8-17-6-3-2-4-7-17/h2-4,6-7,9-10H,5,8,11-15H2,1H3,(H,21,23). The average molecular weight is 367 g/mol. The van der Waals surface area contributed by atoms with Gasteiger partial charge in [0, 0.05) is 39.6 Å². The van der Waals surface area contributed by atoms with Gasteiger partial charge in [-0.1, -0.05) is 30.3 Å². The van der Waals surface area contributed by atoms with E-state index in [1.54, 1.807) is 28.9 Å². The Morgan fingerprint density at radius 3 is 2.30 bits per heavy atom. The number of aryl methyl sites for hydroxylation is 1. The molecule has 142 valence electrons. The van der Waals surface area contributed by atoms with Crippen molar-refractivity contribution in [3.63, 3.8) is 0 Å². The van der Waals surface area contributed by atoms with Crippen LogP contribution < -0.4 is 5.32 Å². The largest absolute Gasteiger partial charge is 0.369 e. The van der Waals surface area contributed by atoms with Crippen LogP contribution in [-0.4, -0.2) is 64.5 Å². The summed E-state index contributed by atoms with van der Waals surface area (Å²) in [5, 5.41) is 11.4. The fourth-order valence-electron chi connectivity index (χ4n) is 3.08. The second kappa shape index (κ2) is 9.12. The SMILES string of the molecule is CC(=O)N1CCN(C(=O)c2ccc(NCCCc3ccccc3)nn2)CC1. The van der Waals surface area contributed by atoms with Crippen molar-refractivity contribution in [2.45, 2.75) is 19.8 Å². The lowest BCUT2D eigenvalue weighted by molar-refractivity contribution is -0.130. The van der Waals surface area contributed by atoms with Crippen LogP contribution in [0.4, 0.5) is 5.82 Å². The topological polar surface area (TPSA) is 78.4 Å². The molecule has 1 aliphatic rings. The van der Waals surface area contributed by atoms with E-state index in [4.69, 9.17) is 0 Å². The van der Waals surface area contributed by atoms with E-state index in [-0.39, 0.29) is 11.8 Å². The highest BCUT2D eigenvalue weighted by Gasteiger charge is 2.24. The van der Waals surface area contributed by atoms with Crippen LogP contribution in [0.3, 0.4) is 0 Å². The summed E-state index contributed by atoms with van der Waals surface area (Å²) in [4.78, 5) is 27.3. The smallest absolute Gasteiger partial charge is 0.274 e. The van der Waals surface area contributed by atoms with Crippen molar-refractivity contribution in [3.8, 4) is 0 Å². The van der Waals surface area contributed by atoms with Crippen molar-refractivity contribution in [2.24, 2.45) is 0 Å². The van der Waals surface area contributed by atoms with Crippen LogP contribution in [0.25, 0.3) is 0 Å². The fraction of sp³-hybridized carbons (Fsp3) is 0.400. The van der Waals surface area contributed by atoms with Crippen LogP contribution in [0, 0.1) is 0 Å². The van der Waals surface area contributed by atoms with Crippen LogP contribution in [0.2, 0.25) is 0 Å². The second-order valence-corrected chi connectivity index (χ2v) is 6.62. The first-order valence-corrected chi connectivity index (χ1v) is 9.30. The van der Waals surface area contributed by atoms with E-state index in [1.807, 2.05) is 18.2 Å². The molecule has 1 saturated heterocycles. The number of nitrogens with zero attached hydrogens (tertiary/aromatic N) is 4. The van der Waals surface area contributed by atoms with Crippen molar-refractivity contribution in [1.82, 2.24) is 20.0 Å². The van der Waals surface area contributed by atoms with Gasteiger partial charge in [-0.25, -0.2) is 0 Å². The van der Waals surface area contributed by atoms with Crippen molar-refractivity contribution < 1.29 is 9.59 Å². The fourth-order valence-corrected chi connectivity index (χ4v) is 3.08. The Bertz CT molecular complexity index is 756. The molecule has 2 aromatic rings. The van der Waals surface area contributed by atoms with Crippen molar-refractivity contribution in [2.75, 3.05) is 38.0 Å². The Hall–Kier alpha value is -2.96. The van der Waals surface area contributed by atoms with Crippen molar-refractivity contribution >= 4 is 17.6 Å². The minimum Gasteiger partial charge on any atom is -0.369 e. The van der Waals surface area contributed by atoms with Crippen molar-refractivity contribution in [3.05, 3.63) is 53.7 Å². The Labute approximate surface area is 159 Å². The molecule has 1 aromatic heterocycles. The van der Waals surface area contributed by atoms with E-state index in [2.05, 4.69) is 27.6 Å². The maximum atomic E-state index is 12.5. The van der Waals surface area contributed by atoms with E-state index in [9.17, 15) is 9.59 Å². The summed E-state index contributed by atoms with van der Waals surface area (Å²) in [6.45, 7) is 4.53. The molecule has 27 heavy (non-hydrogen) atoms. The van der Waals surface area contributed by atoms with E-state index in [0.717, 1.165) is 19.4 Å². The summed E-state index contributed by atoms with van der Waals surface area (Å²) in [5.74, 6) is 0.576. The van der Waals surface area contributed by atoms with E-state index in [1.165, 1.54) is 5.56 Å². The molecule has 1 fully saturated rings. The number of benzene rings is 1. The predicted molar refractivity (Wildman–Crippen MR) is 103 cm³/mol. The highest BCUT2D eigenvalue weighted by atomic mass is 16.2. The van der Waals surface area contributed by atoms with Crippen LogP contribution in [0.15, 0.2) is 42.5 Å². The molecule has 0 aliphatic carbocycles. The minimum absolute atomic E-state index is 0.0459. The van der Waals surface area contributed by atoms with Gasteiger partial charge in [0.05, 0.1) is 0 Å². The Morgan fingerprint density at radius 1 is 0.963 bits per heavy atom. The van der Waals surface area contributed by atoms with Crippen LogP contribution in [0.5, 0.6) is 0 Å². The van der Waals surface area contributed by atoms with Gasteiger partial charge in [0.2, 0.25) is 5.91 Å². The number of nitrogens with one attached hydrogen (secondary N) is 1. The summed E-state index contributed by atoms with van der Waals surface area (Å²) >= 11 is 0. The van der Waals surface area contributed by atoms with E-state index in [0.29, 0.717) is 37.7 Å². The molecule has 1 aliphatic heterocycles. The zero-order valence-corrected chi connectivity index (χ0v) is 15.6. The third-order valence-electron chi connectivity index (χ3n) is 4.69. The molecule has 3 rings (SSSR count). The number of anilines is 1. The second-order valence-electron chi connectivity index (χ2n) is 6.62. The summed E-state index contributed by atoms with van der Waals surface area (Å²) in [6.07, 6.45) is 2.00. The van der Waals surface area contributed by atoms with Gasteiger partial charge in [-0.3, -0.25) is 9.59 Å². The number of hydrogen-bond donors (Lipinski definition) is 1. The highest BCUT2D eigenvalue weighted by Crippen LogP contribution is 2.09. The average Bonchev–Trinajstić information content (AvgIpc) is 2.72. The summed E-state index contributed by atoms with van der Waals surface area (Å²) in [5.41, 5.74) is 1.65. The molecule has 2 amide bonds. The molecule has 0 saturated carbocycles. The summed E-state index contributed by atoms with van der Waals surface area (Å²) in [6, 6.07) is 13.8. The number of aromatic nitrogens is 2. The van der Waals surface area contributed by atoms with Gasteiger partial charge in [0.25, 0.3) is 5.91 Å².